The van der Waals surface area contributed by atoms with Crippen LogP contribution >= 0.6 is 12.2 Å². The Balaban J connectivity index is 1.61. The minimum Gasteiger partial charge on any atom is -0.352 e. The standard InChI is InChI=1S/C22H28N4S/c1-14-13-18(15(2)25(14)17-10-11-17)21-20(19-9-5-6-12-23-19)24-22(27)26(21)16-7-3-4-8-16/h5-6,9,12-13,16-17,20-21H,3-4,7-8,10-11H2,1-2H3,(H,24,27)/t20-,21-/m1/s1. The van der Waals surface area contributed by atoms with Gasteiger partial charge in [0, 0.05) is 29.7 Å². The largest absolute Gasteiger partial charge is 0.352 e. The van der Waals surface area contributed by atoms with Crippen molar-refractivity contribution in [1.29, 1.82) is 0 Å². The van der Waals surface area contributed by atoms with Crippen LogP contribution in [0.4, 0.5) is 0 Å². The van der Waals surface area contributed by atoms with Gasteiger partial charge in [-0.3, -0.25) is 4.98 Å². The first-order valence-corrected chi connectivity index (χ1v) is 10.7. The van der Waals surface area contributed by atoms with Crippen molar-refractivity contribution in [1.82, 2.24) is 19.8 Å². The highest BCUT2D eigenvalue weighted by molar-refractivity contribution is 7.80. The van der Waals surface area contributed by atoms with E-state index in [1.807, 2.05) is 12.3 Å². The number of rotatable bonds is 4. The van der Waals surface area contributed by atoms with Crippen LogP contribution in [0.3, 0.4) is 0 Å². The van der Waals surface area contributed by atoms with E-state index in [2.05, 4.69) is 51.8 Å². The fourth-order valence-corrected chi connectivity index (χ4v) is 5.66. The minimum atomic E-state index is 0.118. The Hall–Kier alpha value is -1.88. The van der Waals surface area contributed by atoms with E-state index < -0.39 is 0 Å². The lowest BCUT2D eigenvalue weighted by atomic mass is 9.95. The van der Waals surface area contributed by atoms with Crippen molar-refractivity contribution in [2.75, 3.05) is 0 Å². The predicted molar refractivity (Wildman–Crippen MR) is 112 cm³/mol. The second kappa shape index (κ2) is 6.62. The van der Waals surface area contributed by atoms with Crippen LogP contribution < -0.4 is 5.32 Å². The maximum atomic E-state index is 5.86. The second-order valence-corrected chi connectivity index (χ2v) is 8.79. The minimum absolute atomic E-state index is 0.118. The summed E-state index contributed by atoms with van der Waals surface area (Å²) >= 11 is 5.86. The smallest absolute Gasteiger partial charge is 0.170 e. The molecule has 1 saturated heterocycles. The molecule has 2 atom stereocenters. The van der Waals surface area contributed by atoms with E-state index in [-0.39, 0.29) is 12.1 Å². The molecule has 1 N–H and O–H groups in total. The zero-order chi connectivity index (χ0) is 18.5. The van der Waals surface area contributed by atoms with Crippen LogP contribution in [0.1, 0.15) is 79.3 Å². The van der Waals surface area contributed by atoms with Crippen LogP contribution in [-0.4, -0.2) is 25.6 Å². The van der Waals surface area contributed by atoms with Crippen LogP contribution in [0.15, 0.2) is 30.5 Å². The number of thiocarbonyl (C=S) groups is 1. The molecule has 1 aliphatic heterocycles. The number of aromatic nitrogens is 2. The van der Waals surface area contributed by atoms with Gasteiger partial charge in [0.2, 0.25) is 0 Å². The lowest BCUT2D eigenvalue weighted by Crippen LogP contribution is -2.37. The molecule has 0 amide bonds. The van der Waals surface area contributed by atoms with Gasteiger partial charge in [-0.05, 0) is 75.5 Å². The van der Waals surface area contributed by atoms with Crippen molar-refractivity contribution in [2.24, 2.45) is 0 Å². The van der Waals surface area contributed by atoms with Gasteiger partial charge in [0.1, 0.15) is 0 Å². The Morgan fingerprint density at radius 1 is 1.07 bits per heavy atom. The van der Waals surface area contributed by atoms with Gasteiger partial charge in [-0.15, -0.1) is 0 Å². The molecule has 2 saturated carbocycles. The number of nitrogens with one attached hydrogen (secondary N) is 1. The summed E-state index contributed by atoms with van der Waals surface area (Å²) < 4.78 is 2.55. The van der Waals surface area contributed by atoms with Gasteiger partial charge in [-0.1, -0.05) is 18.9 Å². The third kappa shape index (κ3) is 2.87. The van der Waals surface area contributed by atoms with Crippen molar-refractivity contribution in [3.8, 4) is 0 Å². The van der Waals surface area contributed by atoms with Crippen molar-refractivity contribution in [3.63, 3.8) is 0 Å². The molecule has 0 spiro atoms. The fraction of sp³-hybridized carbons (Fsp3) is 0.545. The van der Waals surface area contributed by atoms with E-state index in [1.165, 1.54) is 55.5 Å². The Labute approximate surface area is 167 Å². The molecule has 0 aromatic carbocycles. The molecule has 0 radical (unpaired) electrons. The maximum absolute atomic E-state index is 5.86. The number of hydrogen-bond acceptors (Lipinski definition) is 2. The highest BCUT2D eigenvalue weighted by Crippen LogP contribution is 2.46. The van der Waals surface area contributed by atoms with Gasteiger partial charge in [0.15, 0.2) is 5.11 Å². The summed E-state index contributed by atoms with van der Waals surface area (Å²) in [6, 6.07) is 10.2. The molecule has 2 aliphatic carbocycles. The van der Waals surface area contributed by atoms with Gasteiger partial charge >= 0.3 is 0 Å². The summed E-state index contributed by atoms with van der Waals surface area (Å²) in [7, 11) is 0. The SMILES string of the molecule is Cc1cc([C@@H]2[C@@H](c3ccccn3)NC(=S)N2C2CCCC2)c(C)n1C1CC1. The Bertz CT molecular complexity index is 849. The number of nitrogens with zero attached hydrogens (tertiary/aromatic N) is 3. The topological polar surface area (TPSA) is 33.1 Å². The first kappa shape index (κ1) is 17.2. The van der Waals surface area contributed by atoms with Crippen LogP contribution in [0.5, 0.6) is 0 Å². The Morgan fingerprint density at radius 2 is 1.85 bits per heavy atom. The molecule has 3 aliphatic rings. The van der Waals surface area contributed by atoms with E-state index in [9.17, 15) is 0 Å². The number of pyridine rings is 1. The number of hydrogen-bond donors (Lipinski definition) is 1. The molecule has 4 nitrogen and oxygen atoms in total. The molecule has 0 unspecified atom stereocenters. The summed E-state index contributed by atoms with van der Waals surface area (Å²) in [4.78, 5) is 7.20. The third-order valence-corrected chi connectivity index (χ3v) is 6.94. The zero-order valence-electron chi connectivity index (χ0n) is 16.2. The summed E-state index contributed by atoms with van der Waals surface area (Å²) in [5.41, 5.74) is 5.31. The zero-order valence-corrected chi connectivity index (χ0v) is 17.0. The summed E-state index contributed by atoms with van der Waals surface area (Å²) in [6.45, 7) is 4.55. The molecule has 2 aromatic rings. The van der Waals surface area contributed by atoms with Crippen molar-refractivity contribution in [2.45, 2.75) is 76.5 Å². The van der Waals surface area contributed by atoms with E-state index in [1.54, 1.807) is 0 Å². The molecular weight excluding hydrogens is 352 g/mol. The van der Waals surface area contributed by atoms with E-state index in [0.717, 1.165) is 10.8 Å². The molecule has 2 aromatic heterocycles. The van der Waals surface area contributed by atoms with Crippen molar-refractivity contribution >= 4 is 17.3 Å². The lowest BCUT2D eigenvalue weighted by molar-refractivity contribution is 0.245. The first-order valence-electron chi connectivity index (χ1n) is 10.3. The molecule has 5 heteroatoms. The summed E-state index contributed by atoms with van der Waals surface area (Å²) in [5, 5.41) is 4.53. The maximum Gasteiger partial charge on any atom is 0.170 e. The molecule has 27 heavy (non-hydrogen) atoms. The molecule has 3 heterocycles. The molecular formula is C22H28N4S. The van der Waals surface area contributed by atoms with Crippen LogP contribution in [0, 0.1) is 13.8 Å². The van der Waals surface area contributed by atoms with Gasteiger partial charge in [0.25, 0.3) is 0 Å². The molecule has 5 rings (SSSR count). The third-order valence-electron chi connectivity index (χ3n) is 6.61. The molecule has 3 fully saturated rings. The van der Waals surface area contributed by atoms with Gasteiger partial charge < -0.3 is 14.8 Å². The van der Waals surface area contributed by atoms with Crippen molar-refractivity contribution in [3.05, 3.63) is 53.1 Å². The normalized spacial score (nSPS) is 26.0. The van der Waals surface area contributed by atoms with Gasteiger partial charge in [0.05, 0.1) is 17.8 Å². The lowest BCUT2D eigenvalue weighted by Gasteiger charge is -2.33. The first-order chi connectivity index (χ1) is 13.1. The fourth-order valence-electron chi connectivity index (χ4n) is 5.27. The van der Waals surface area contributed by atoms with Crippen LogP contribution in [-0.2, 0) is 0 Å². The summed E-state index contributed by atoms with van der Waals surface area (Å²) in [5.74, 6) is 0. The highest BCUT2D eigenvalue weighted by atomic mass is 32.1. The van der Waals surface area contributed by atoms with Crippen LogP contribution in [0.25, 0.3) is 0 Å². The average Bonchev–Trinajstić information content (AvgIpc) is 3.11. The molecule has 0 bridgehead atoms. The Kier molecular flexibility index (Phi) is 4.23. The highest BCUT2D eigenvalue weighted by Gasteiger charge is 2.45. The van der Waals surface area contributed by atoms with Gasteiger partial charge in [-0.2, -0.15) is 0 Å². The monoisotopic (exact) mass is 380 g/mol. The van der Waals surface area contributed by atoms with E-state index >= 15 is 0 Å². The quantitative estimate of drug-likeness (QED) is 0.776. The molecule has 142 valence electrons. The van der Waals surface area contributed by atoms with E-state index in [4.69, 9.17) is 12.2 Å². The second-order valence-electron chi connectivity index (χ2n) is 8.40. The Morgan fingerprint density at radius 3 is 2.52 bits per heavy atom. The van der Waals surface area contributed by atoms with E-state index in [0.29, 0.717) is 12.1 Å². The van der Waals surface area contributed by atoms with Crippen molar-refractivity contribution < 1.29 is 0 Å². The number of aryl methyl sites for hydroxylation is 1. The predicted octanol–water partition coefficient (Wildman–Crippen LogP) is 4.75. The average molecular weight is 381 g/mol. The van der Waals surface area contributed by atoms with Gasteiger partial charge in [-0.25, -0.2) is 0 Å². The summed E-state index contributed by atoms with van der Waals surface area (Å²) in [6.07, 6.45) is 9.63. The van der Waals surface area contributed by atoms with Crippen LogP contribution in [0.2, 0.25) is 0 Å².